The van der Waals surface area contributed by atoms with Gasteiger partial charge in [0.15, 0.2) is 36.5 Å². The predicted molar refractivity (Wildman–Crippen MR) is 258 cm³/mol. The smallest absolute Gasteiger partial charge is 0.339 e. The number of esters is 4. The van der Waals surface area contributed by atoms with Crippen molar-refractivity contribution in [3.05, 3.63) is 119 Å². The van der Waals surface area contributed by atoms with Crippen LogP contribution in [0.2, 0.25) is 0 Å². The maximum absolute atomic E-state index is 14.4. The summed E-state index contributed by atoms with van der Waals surface area (Å²) in [5, 5.41) is 0. The van der Waals surface area contributed by atoms with Gasteiger partial charge in [0.2, 0.25) is 0 Å². The number of hydrogen-bond donors (Lipinski definition) is 0. The highest BCUT2D eigenvalue weighted by molar-refractivity contribution is 5.91. The van der Waals surface area contributed by atoms with Gasteiger partial charge in [0.25, 0.3) is 0 Å². The van der Waals surface area contributed by atoms with Crippen LogP contribution in [0.15, 0.2) is 103 Å². The monoisotopic (exact) mass is 958 g/mol. The molecule has 374 valence electrons. The minimum absolute atomic E-state index is 0.0474. The zero-order valence-corrected chi connectivity index (χ0v) is 41.7. The molecule has 0 aromatic heterocycles. The lowest BCUT2D eigenvalue weighted by Gasteiger charge is -2.58. The third kappa shape index (κ3) is 9.04. The summed E-state index contributed by atoms with van der Waals surface area (Å²) in [5.41, 5.74) is 1.10. The van der Waals surface area contributed by atoms with Crippen molar-refractivity contribution in [3.63, 3.8) is 0 Å². The third-order valence-electron chi connectivity index (χ3n) is 17.5. The van der Waals surface area contributed by atoms with Gasteiger partial charge in [-0.25, -0.2) is 19.2 Å². The average Bonchev–Trinajstić information content (AvgIpc) is 3.80. The number of benzene rings is 3. The molecule has 4 aliphatic carbocycles. The number of rotatable bonds is 9. The fourth-order valence-electron chi connectivity index (χ4n) is 14.1. The molecule has 3 aromatic rings. The molecule has 16 atom stereocenters. The Morgan fingerprint density at radius 1 is 0.686 bits per heavy atom. The fourth-order valence-corrected chi connectivity index (χ4v) is 14.1. The second-order valence-corrected chi connectivity index (χ2v) is 22.9. The second kappa shape index (κ2) is 18.9. The number of carbonyl (C=O) groups excluding carboxylic acids is 4. The standard InChI is InChI=1S/C58H70O12/c1-34-25-30-58(63-33-34)35(2)45-44(69-58)32-43-41-24-23-39-31-40(26-28-56(39,6)42(41)27-29-57(43,45)7)64-54-49(67-52(61)38-21-15-10-16-22-38)47(66-51(60)37-19-13-9-14-20-37)46(48(68-54)53(62)70-55(3,4)5)65-50(59)36-17-11-8-12-18-36/h8-23,34-35,40-49,54H,24-33H2,1-7H3/t34-,35+,40+,41-,42+,43+,44+,45+,46+,47+,48+,49-,54-,56+,57+,58-/m1/s1. The fraction of sp³-hybridized carbons (Fsp3) is 0.586. The molecular weight excluding hydrogens is 889 g/mol. The van der Waals surface area contributed by atoms with E-state index in [4.69, 9.17) is 37.9 Å². The van der Waals surface area contributed by atoms with Crippen LogP contribution in [-0.4, -0.2) is 84.8 Å². The molecule has 10 rings (SSSR count). The van der Waals surface area contributed by atoms with Gasteiger partial charge in [-0.2, -0.15) is 0 Å². The highest BCUT2D eigenvalue weighted by Crippen LogP contribution is 2.70. The van der Waals surface area contributed by atoms with Crippen molar-refractivity contribution in [1.82, 2.24) is 0 Å². The number of ether oxygens (including phenoxy) is 8. The van der Waals surface area contributed by atoms with Crippen molar-refractivity contribution >= 4 is 23.9 Å². The lowest BCUT2D eigenvalue weighted by atomic mass is 9.47. The Labute approximate surface area is 412 Å². The topological polar surface area (TPSA) is 142 Å². The number of allylic oxidation sites excluding steroid dienone is 1. The normalized spacial score (nSPS) is 38.7. The number of carbonyl (C=O) groups is 4. The summed E-state index contributed by atoms with van der Waals surface area (Å²) in [6.45, 7) is 15.6. The van der Waals surface area contributed by atoms with Gasteiger partial charge in [0.1, 0.15) is 5.60 Å². The molecule has 0 N–H and O–H groups in total. The van der Waals surface area contributed by atoms with Crippen LogP contribution in [0, 0.1) is 46.3 Å². The number of fused-ring (bicyclic) bond motifs is 7. The largest absolute Gasteiger partial charge is 0.458 e. The SMILES string of the molecule is C[C@@H]1CC[C@@]2(OC1)O[C@H]1C[C@H]3[C@@H]4CC=C5C[C@@H](O[C@@H]6O[C@H](C(=O)OC(C)(C)C)[C@@H](OC(=O)c7ccccc7)[C@H](OC(=O)c7ccccc7)[C@H]6OC(=O)c6ccccc6)CC[C@]5(C)[C@H]4CC[C@]3(C)[C@H]1[C@@H]2C. The molecule has 3 saturated carbocycles. The molecule has 0 radical (unpaired) electrons. The van der Waals surface area contributed by atoms with Crippen LogP contribution < -0.4 is 0 Å². The Morgan fingerprint density at radius 3 is 1.84 bits per heavy atom. The van der Waals surface area contributed by atoms with Gasteiger partial charge < -0.3 is 37.9 Å². The molecule has 1 spiro atoms. The van der Waals surface area contributed by atoms with E-state index in [9.17, 15) is 19.2 Å². The van der Waals surface area contributed by atoms with Crippen LogP contribution in [0.3, 0.4) is 0 Å². The van der Waals surface area contributed by atoms with Gasteiger partial charge in [0, 0.05) is 12.3 Å². The molecule has 70 heavy (non-hydrogen) atoms. The first-order chi connectivity index (χ1) is 33.5. The highest BCUT2D eigenvalue weighted by Gasteiger charge is 2.69. The Bertz CT molecular complexity index is 2420. The zero-order valence-electron chi connectivity index (χ0n) is 41.7. The summed E-state index contributed by atoms with van der Waals surface area (Å²) in [7, 11) is 0. The highest BCUT2D eigenvalue weighted by atomic mass is 16.7. The van der Waals surface area contributed by atoms with Crippen LogP contribution in [-0.2, 0) is 42.7 Å². The molecular formula is C58H70O12. The van der Waals surface area contributed by atoms with Crippen molar-refractivity contribution in [2.45, 2.75) is 161 Å². The van der Waals surface area contributed by atoms with Gasteiger partial charge in [-0.3, -0.25) is 0 Å². The van der Waals surface area contributed by atoms with Crippen LogP contribution in [0.1, 0.15) is 137 Å². The van der Waals surface area contributed by atoms with E-state index in [1.165, 1.54) is 12.0 Å². The summed E-state index contributed by atoms with van der Waals surface area (Å²) in [4.78, 5) is 56.7. The van der Waals surface area contributed by atoms with E-state index < -0.39 is 72.1 Å². The minimum Gasteiger partial charge on any atom is -0.458 e. The van der Waals surface area contributed by atoms with Gasteiger partial charge in [-0.05, 0) is 149 Å². The van der Waals surface area contributed by atoms with E-state index in [2.05, 4.69) is 33.8 Å². The summed E-state index contributed by atoms with van der Waals surface area (Å²) in [6, 6.07) is 25.0. The quantitative estimate of drug-likeness (QED) is 0.114. The number of hydrogen-bond acceptors (Lipinski definition) is 12. The van der Waals surface area contributed by atoms with Gasteiger partial charge in [0.05, 0.1) is 35.5 Å². The van der Waals surface area contributed by atoms with Gasteiger partial charge in [-0.1, -0.05) is 93.9 Å². The van der Waals surface area contributed by atoms with E-state index in [0.717, 1.165) is 45.1 Å². The minimum atomic E-state index is -1.65. The molecule has 3 aliphatic heterocycles. The zero-order chi connectivity index (χ0) is 49.2. The Morgan fingerprint density at radius 2 is 1.27 bits per heavy atom. The summed E-state index contributed by atoms with van der Waals surface area (Å²) in [5.74, 6) is -0.646. The maximum Gasteiger partial charge on any atom is 0.339 e. The molecule has 12 nitrogen and oxygen atoms in total. The molecule has 7 aliphatic rings. The van der Waals surface area contributed by atoms with Crippen molar-refractivity contribution in [2.75, 3.05) is 6.61 Å². The molecule has 6 fully saturated rings. The van der Waals surface area contributed by atoms with Crippen LogP contribution in [0.5, 0.6) is 0 Å². The lowest BCUT2D eigenvalue weighted by molar-refractivity contribution is -0.306. The van der Waals surface area contributed by atoms with Crippen molar-refractivity contribution in [3.8, 4) is 0 Å². The first kappa shape index (κ1) is 48.7. The van der Waals surface area contributed by atoms with Crippen molar-refractivity contribution < 1.29 is 57.1 Å². The Kier molecular flexibility index (Phi) is 13.2. The van der Waals surface area contributed by atoms with Gasteiger partial charge in [-0.15, -0.1) is 0 Å². The van der Waals surface area contributed by atoms with E-state index in [-0.39, 0.29) is 33.6 Å². The maximum atomic E-state index is 14.4. The molecule has 12 heteroatoms. The average molecular weight is 959 g/mol. The van der Waals surface area contributed by atoms with E-state index in [0.29, 0.717) is 48.3 Å². The lowest BCUT2D eigenvalue weighted by Crippen LogP contribution is -2.65. The van der Waals surface area contributed by atoms with E-state index in [1.54, 1.807) is 112 Å². The van der Waals surface area contributed by atoms with Crippen molar-refractivity contribution in [1.29, 1.82) is 0 Å². The first-order valence-electron chi connectivity index (χ1n) is 25.8. The molecule has 0 amide bonds. The van der Waals surface area contributed by atoms with Crippen LogP contribution in [0.25, 0.3) is 0 Å². The van der Waals surface area contributed by atoms with Crippen LogP contribution in [0.4, 0.5) is 0 Å². The molecule has 3 saturated heterocycles. The predicted octanol–water partition coefficient (Wildman–Crippen LogP) is 10.5. The second-order valence-electron chi connectivity index (χ2n) is 22.9. The summed E-state index contributed by atoms with van der Waals surface area (Å²) < 4.78 is 51.9. The third-order valence-corrected chi connectivity index (χ3v) is 17.5. The first-order valence-corrected chi connectivity index (χ1v) is 25.8. The summed E-state index contributed by atoms with van der Waals surface area (Å²) >= 11 is 0. The van der Waals surface area contributed by atoms with Crippen LogP contribution >= 0.6 is 0 Å². The summed E-state index contributed by atoms with van der Waals surface area (Å²) in [6.07, 6.45) is 3.07. The Balaban J connectivity index is 0.948. The van der Waals surface area contributed by atoms with Gasteiger partial charge >= 0.3 is 23.9 Å². The molecule has 0 unspecified atom stereocenters. The molecule has 3 heterocycles. The van der Waals surface area contributed by atoms with Crippen molar-refractivity contribution in [2.24, 2.45) is 46.3 Å². The van der Waals surface area contributed by atoms with E-state index in [1.807, 2.05) is 0 Å². The van der Waals surface area contributed by atoms with E-state index >= 15 is 0 Å². The molecule has 0 bridgehead atoms. The molecule has 3 aromatic carbocycles. The Hall–Kier alpha value is -4.88.